The summed E-state index contributed by atoms with van der Waals surface area (Å²) in [6.45, 7) is 4.77. The van der Waals surface area contributed by atoms with Crippen molar-refractivity contribution in [1.29, 1.82) is 0 Å². The number of nitrogens with zero attached hydrogens (tertiary/aromatic N) is 2. The third kappa shape index (κ3) is 4.77. The summed E-state index contributed by atoms with van der Waals surface area (Å²) in [4.78, 5) is 33.3. The van der Waals surface area contributed by atoms with E-state index in [-0.39, 0.29) is 31.4 Å². The minimum atomic E-state index is -0.674. The van der Waals surface area contributed by atoms with Crippen molar-refractivity contribution < 1.29 is 28.2 Å². The van der Waals surface area contributed by atoms with Gasteiger partial charge in [0.15, 0.2) is 6.79 Å². The van der Waals surface area contributed by atoms with Crippen molar-refractivity contribution in [3.05, 3.63) is 69.6 Å². The molecule has 2 amide bonds. The molecule has 1 saturated heterocycles. The van der Waals surface area contributed by atoms with E-state index in [1.54, 1.807) is 4.90 Å². The van der Waals surface area contributed by atoms with Crippen LogP contribution in [-0.4, -0.2) is 54.4 Å². The maximum Gasteiger partial charge on any atom is 0.276 e. The van der Waals surface area contributed by atoms with Gasteiger partial charge in [-0.05, 0) is 31.5 Å². The third-order valence-corrected chi connectivity index (χ3v) is 6.84. The normalized spacial score (nSPS) is 17.1. The molecule has 8 nitrogen and oxygen atoms in total. The summed E-state index contributed by atoms with van der Waals surface area (Å²) in [6.07, 6.45) is -0.674. The molecule has 0 spiro atoms. The number of amides is 2. The summed E-state index contributed by atoms with van der Waals surface area (Å²) in [5, 5.41) is 3.54. The number of carbonyl (C=O) groups is 2. The highest BCUT2D eigenvalue weighted by Crippen LogP contribution is 2.33. The number of benzene rings is 2. The number of aryl methyl sites for hydroxylation is 2. The molecule has 3 heterocycles. The standard InChI is InChI=1S/C25H24FN3O5S/c1-14-4-3-5-16(8-14)23-21(28-15(2)35-23)25(31)29-6-7-33-20(29)11-27-24(30)19-10-18(26)9-17-12-32-13-34-22(17)19/h3-5,8-10,20H,6-7,11-13H2,1-2H3,(H,27,30). The van der Waals surface area contributed by atoms with Gasteiger partial charge in [-0.2, -0.15) is 0 Å². The highest BCUT2D eigenvalue weighted by molar-refractivity contribution is 7.15. The quantitative estimate of drug-likeness (QED) is 0.579. The van der Waals surface area contributed by atoms with Crippen molar-refractivity contribution >= 4 is 23.2 Å². The number of halogens is 1. The number of hydrogen-bond donors (Lipinski definition) is 1. The van der Waals surface area contributed by atoms with E-state index < -0.39 is 18.0 Å². The molecule has 0 saturated carbocycles. The van der Waals surface area contributed by atoms with E-state index in [2.05, 4.69) is 10.3 Å². The molecule has 10 heteroatoms. The van der Waals surface area contributed by atoms with Crippen molar-refractivity contribution in [3.8, 4) is 16.2 Å². The zero-order chi connectivity index (χ0) is 24.5. The lowest BCUT2D eigenvalue weighted by Gasteiger charge is -2.24. The summed E-state index contributed by atoms with van der Waals surface area (Å²) >= 11 is 1.47. The highest BCUT2D eigenvalue weighted by Gasteiger charge is 2.34. The van der Waals surface area contributed by atoms with Crippen LogP contribution < -0.4 is 10.1 Å². The van der Waals surface area contributed by atoms with Crippen molar-refractivity contribution in [2.75, 3.05) is 26.5 Å². The molecule has 2 aliphatic rings. The second kappa shape index (κ2) is 9.73. The Morgan fingerprint density at radius 2 is 2.11 bits per heavy atom. The fourth-order valence-electron chi connectivity index (χ4n) is 4.24. The largest absolute Gasteiger partial charge is 0.466 e. The van der Waals surface area contributed by atoms with Gasteiger partial charge in [-0.25, -0.2) is 9.37 Å². The second-order valence-corrected chi connectivity index (χ2v) is 9.57. The number of thiazole rings is 1. The highest BCUT2D eigenvalue weighted by atomic mass is 32.1. The Hall–Kier alpha value is -3.34. The average molecular weight is 498 g/mol. The lowest BCUT2D eigenvalue weighted by atomic mass is 10.1. The summed E-state index contributed by atoms with van der Waals surface area (Å²) < 4.78 is 30.4. The predicted octanol–water partition coefficient (Wildman–Crippen LogP) is 3.66. The molecule has 1 unspecified atom stereocenters. The number of rotatable bonds is 5. The molecule has 0 aliphatic carbocycles. The van der Waals surface area contributed by atoms with Crippen molar-refractivity contribution in [1.82, 2.24) is 15.2 Å². The SMILES string of the molecule is Cc1cccc(-c2sc(C)nc2C(=O)N2CCOC2CNC(=O)c2cc(F)cc3c2OCOC3)c1. The van der Waals surface area contributed by atoms with Crippen LogP contribution in [0.25, 0.3) is 10.4 Å². The van der Waals surface area contributed by atoms with E-state index in [4.69, 9.17) is 14.2 Å². The summed E-state index contributed by atoms with van der Waals surface area (Å²) in [5.41, 5.74) is 2.94. The molecule has 0 radical (unpaired) electrons. The van der Waals surface area contributed by atoms with Crippen LogP contribution in [0.1, 0.15) is 37.0 Å². The van der Waals surface area contributed by atoms with Gasteiger partial charge in [-0.3, -0.25) is 9.59 Å². The average Bonchev–Trinajstić information content (AvgIpc) is 3.48. The summed E-state index contributed by atoms with van der Waals surface area (Å²) in [6, 6.07) is 10.3. The van der Waals surface area contributed by atoms with E-state index >= 15 is 0 Å². The summed E-state index contributed by atoms with van der Waals surface area (Å²) in [5.74, 6) is -1.03. The Morgan fingerprint density at radius 3 is 2.94 bits per heavy atom. The fraction of sp³-hybridized carbons (Fsp3) is 0.320. The van der Waals surface area contributed by atoms with Crippen LogP contribution in [0.4, 0.5) is 4.39 Å². The van der Waals surface area contributed by atoms with Crippen LogP contribution in [-0.2, 0) is 16.1 Å². The number of fused-ring (bicyclic) bond motifs is 1. The van der Waals surface area contributed by atoms with Gasteiger partial charge in [0.25, 0.3) is 11.8 Å². The molecule has 0 bridgehead atoms. The van der Waals surface area contributed by atoms with Crippen LogP contribution in [0, 0.1) is 19.7 Å². The van der Waals surface area contributed by atoms with Gasteiger partial charge in [0.2, 0.25) is 0 Å². The first-order valence-corrected chi connectivity index (χ1v) is 12.0. The van der Waals surface area contributed by atoms with E-state index in [0.717, 1.165) is 27.1 Å². The Morgan fingerprint density at radius 1 is 1.26 bits per heavy atom. The van der Waals surface area contributed by atoms with Crippen molar-refractivity contribution in [2.24, 2.45) is 0 Å². The number of hydrogen-bond acceptors (Lipinski definition) is 7. The van der Waals surface area contributed by atoms with E-state index in [1.165, 1.54) is 17.4 Å². The van der Waals surface area contributed by atoms with Gasteiger partial charge in [0.1, 0.15) is 23.5 Å². The van der Waals surface area contributed by atoms with Crippen molar-refractivity contribution in [3.63, 3.8) is 0 Å². The first-order chi connectivity index (χ1) is 16.9. The van der Waals surface area contributed by atoms with Crippen LogP contribution in [0.15, 0.2) is 36.4 Å². The van der Waals surface area contributed by atoms with Gasteiger partial charge in [-0.1, -0.05) is 29.8 Å². The van der Waals surface area contributed by atoms with E-state index in [0.29, 0.717) is 30.2 Å². The maximum atomic E-state index is 14.0. The van der Waals surface area contributed by atoms with E-state index in [9.17, 15) is 14.0 Å². The summed E-state index contributed by atoms with van der Waals surface area (Å²) in [7, 11) is 0. The van der Waals surface area contributed by atoms with Gasteiger partial charge < -0.3 is 24.4 Å². The van der Waals surface area contributed by atoms with Crippen LogP contribution in [0.3, 0.4) is 0 Å². The molecule has 1 atom stereocenters. The Kier molecular flexibility index (Phi) is 6.50. The van der Waals surface area contributed by atoms with Gasteiger partial charge in [0.05, 0.1) is 35.2 Å². The number of carbonyl (C=O) groups excluding carboxylic acids is 2. The van der Waals surface area contributed by atoms with Crippen molar-refractivity contribution in [2.45, 2.75) is 26.7 Å². The lowest BCUT2D eigenvalue weighted by Crippen LogP contribution is -2.44. The number of nitrogens with one attached hydrogen (secondary N) is 1. The zero-order valence-corrected chi connectivity index (χ0v) is 20.1. The Balaban J connectivity index is 1.33. The van der Waals surface area contributed by atoms with Gasteiger partial charge in [-0.15, -0.1) is 11.3 Å². The molecular formula is C25H24FN3O5S. The zero-order valence-electron chi connectivity index (χ0n) is 19.3. The van der Waals surface area contributed by atoms with Gasteiger partial charge >= 0.3 is 0 Å². The molecule has 1 fully saturated rings. The molecule has 3 aromatic rings. The smallest absolute Gasteiger partial charge is 0.276 e. The van der Waals surface area contributed by atoms with Crippen LogP contribution >= 0.6 is 11.3 Å². The number of aromatic nitrogens is 1. The third-order valence-electron chi connectivity index (χ3n) is 5.82. The first-order valence-electron chi connectivity index (χ1n) is 11.2. The number of ether oxygens (including phenoxy) is 3. The minimum Gasteiger partial charge on any atom is -0.466 e. The molecule has 2 aliphatic heterocycles. The molecule has 1 aromatic heterocycles. The van der Waals surface area contributed by atoms with Gasteiger partial charge in [0, 0.05) is 12.1 Å². The molecule has 1 N–H and O–H groups in total. The second-order valence-electron chi connectivity index (χ2n) is 8.37. The van der Waals surface area contributed by atoms with Crippen LogP contribution in [0.2, 0.25) is 0 Å². The Bertz CT molecular complexity index is 1290. The topological polar surface area (TPSA) is 90.0 Å². The van der Waals surface area contributed by atoms with E-state index in [1.807, 2.05) is 38.1 Å². The minimum absolute atomic E-state index is 0.0107. The van der Waals surface area contributed by atoms with Crippen LogP contribution in [0.5, 0.6) is 5.75 Å². The molecule has 5 rings (SSSR count). The molecule has 2 aromatic carbocycles. The maximum absolute atomic E-state index is 14.0. The lowest BCUT2D eigenvalue weighted by molar-refractivity contribution is -0.0171. The Labute approximate surface area is 205 Å². The monoisotopic (exact) mass is 497 g/mol. The molecular weight excluding hydrogens is 473 g/mol. The first kappa shape index (κ1) is 23.4. The predicted molar refractivity (Wildman–Crippen MR) is 127 cm³/mol. The fourth-order valence-corrected chi connectivity index (χ4v) is 5.14. The molecule has 35 heavy (non-hydrogen) atoms. The molecule has 182 valence electrons.